The molecule has 23 heavy (non-hydrogen) atoms. The summed E-state index contributed by atoms with van der Waals surface area (Å²) in [5, 5.41) is 0. The lowest BCUT2D eigenvalue weighted by molar-refractivity contribution is -0.125. The van der Waals surface area contributed by atoms with Crippen LogP contribution >= 0.6 is 12.4 Å². The lowest BCUT2D eigenvalue weighted by Gasteiger charge is -2.27. The van der Waals surface area contributed by atoms with Gasteiger partial charge in [-0.3, -0.25) is 4.79 Å². The highest BCUT2D eigenvalue weighted by Crippen LogP contribution is 2.16. The molecule has 6 nitrogen and oxygen atoms in total. The maximum Gasteiger partial charge on any atom is 0.410 e. The van der Waals surface area contributed by atoms with Gasteiger partial charge in [-0.25, -0.2) is 4.79 Å². The zero-order valence-corrected chi connectivity index (χ0v) is 14.9. The van der Waals surface area contributed by atoms with Crippen molar-refractivity contribution < 1.29 is 14.3 Å². The van der Waals surface area contributed by atoms with Gasteiger partial charge in [-0.2, -0.15) is 0 Å². The average molecular weight is 346 g/mol. The number of amides is 2. The van der Waals surface area contributed by atoms with Crippen LogP contribution in [0, 0.1) is 0 Å². The first-order valence-electron chi connectivity index (χ1n) is 8.12. The van der Waals surface area contributed by atoms with E-state index in [4.69, 9.17) is 4.74 Å². The number of ether oxygens (including phenoxy) is 1. The van der Waals surface area contributed by atoms with Gasteiger partial charge in [0.05, 0.1) is 6.54 Å². The normalized spacial score (nSPS) is 21.6. The van der Waals surface area contributed by atoms with Gasteiger partial charge in [0.25, 0.3) is 0 Å². The quantitative estimate of drug-likeness (QED) is 0.728. The van der Waals surface area contributed by atoms with Gasteiger partial charge in [0.2, 0.25) is 5.91 Å². The van der Waals surface area contributed by atoms with Gasteiger partial charge in [0, 0.05) is 38.7 Å². The topological polar surface area (TPSA) is 53.1 Å². The summed E-state index contributed by atoms with van der Waals surface area (Å²) in [7, 11) is 3.92. The van der Waals surface area contributed by atoms with Gasteiger partial charge < -0.3 is 19.4 Å². The summed E-state index contributed by atoms with van der Waals surface area (Å²) in [5.41, 5.74) is 0. The van der Waals surface area contributed by atoms with Crippen molar-refractivity contribution in [2.24, 2.45) is 0 Å². The molecule has 1 atom stereocenters. The fourth-order valence-corrected chi connectivity index (χ4v) is 2.79. The number of carbonyl (C=O) groups excluding carboxylic acids is 2. The monoisotopic (exact) mass is 345 g/mol. The number of hydrogen-bond donors (Lipinski definition) is 0. The highest BCUT2D eigenvalue weighted by Gasteiger charge is 2.29. The number of likely N-dealkylation sites (tertiary alicyclic amines) is 2. The van der Waals surface area contributed by atoms with Crippen molar-refractivity contribution >= 4 is 24.4 Å². The molecular weight excluding hydrogens is 318 g/mol. The average Bonchev–Trinajstić information content (AvgIpc) is 2.96. The van der Waals surface area contributed by atoms with Crippen LogP contribution < -0.4 is 0 Å². The fourth-order valence-electron chi connectivity index (χ4n) is 2.79. The van der Waals surface area contributed by atoms with E-state index in [1.165, 1.54) is 6.42 Å². The van der Waals surface area contributed by atoms with E-state index in [2.05, 4.69) is 0 Å². The Morgan fingerprint density at radius 1 is 1.13 bits per heavy atom. The number of piperidine rings is 1. The van der Waals surface area contributed by atoms with E-state index in [9.17, 15) is 9.59 Å². The van der Waals surface area contributed by atoms with Crippen molar-refractivity contribution in [2.75, 3.05) is 46.8 Å². The molecule has 0 unspecified atom stereocenters. The summed E-state index contributed by atoms with van der Waals surface area (Å²) in [6, 6.07) is 0. The zero-order chi connectivity index (χ0) is 15.9. The summed E-state index contributed by atoms with van der Waals surface area (Å²) in [6.07, 6.45) is 7.11. The van der Waals surface area contributed by atoms with Crippen molar-refractivity contribution in [3.05, 3.63) is 12.2 Å². The molecule has 132 valence electrons. The Hall–Kier alpha value is -1.27. The first kappa shape index (κ1) is 19.8. The van der Waals surface area contributed by atoms with Crippen molar-refractivity contribution in [1.29, 1.82) is 0 Å². The van der Waals surface area contributed by atoms with Crippen molar-refractivity contribution in [3.8, 4) is 0 Å². The van der Waals surface area contributed by atoms with Crippen LogP contribution in [0.25, 0.3) is 0 Å². The van der Waals surface area contributed by atoms with E-state index in [-0.39, 0.29) is 30.5 Å². The van der Waals surface area contributed by atoms with Crippen LogP contribution in [-0.4, -0.2) is 79.6 Å². The molecule has 0 radical (unpaired) electrons. The van der Waals surface area contributed by atoms with Crippen LogP contribution in [0.2, 0.25) is 0 Å². The van der Waals surface area contributed by atoms with Crippen LogP contribution in [-0.2, 0) is 9.53 Å². The minimum atomic E-state index is -0.220. The fraction of sp³-hybridized carbons (Fsp3) is 0.750. The number of carbonyl (C=O) groups is 2. The van der Waals surface area contributed by atoms with E-state index in [0.717, 1.165) is 38.9 Å². The van der Waals surface area contributed by atoms with Gasteiger partial charge in [-0.15, -0.1) is 12.4 Å². The number of nitrogens with zero attached hydrogens (tertiary/aromatic N) is 3. The lowest BCUT2D eigenvalue weighted by Crippen LogP contribution is -2.38. The predicted molar refractivity (Wildman–Crippen MR) is 91.8 cm³/mol. The van der Waals surface area contributed by atoms with E-state index in [1.807, 2.05) is 25.1 Å². The van der Waals surface area contributed by atoms with Crippen molar-refractivity contribution in [2.45, 2.75) is 31.8 Å². The molecule has 0 aliphatic carbocycles. The SMILES string of the molecule is CN(C)C/C=C/C(=O)N1CC[C@H](OC(=O)N2CCCCC2)C1.Cl. The second kappa shape index (κ2) is 9.78. The molecule has 0 aromatic carbocycles. The maximum atomic E-state index is 12.1. The van der Waals surface area contributed by atoms with Gasteiger partial charge >= 0.3 is 6.09 Å². The van der Waals surface area contributed by atoms with Crippen molar-refractivity contribution in [1.82, 2.24) is 14.7 Å². The molecule has 0 N–H and O–H groups in total. The summed E-state index contributed by atoms with van der Waals surface area (Å²) in [4.78, 5) is 29.6. The summed E-state index contributed by atoms with van der Waals surface area (Å²) in [6.45, 7) is 3.49. The largest absolute Gasteiger partial charge is 0.444 e. The third-order valence-electron chi connectivity index (χ3n) is 4.07. The Kier molecular flexibility index (Phi) is 8.41. The molecule has 7 heteroatoms. The third-order valence-corrected chi connectivity index (χ3v) is 4.07. The molecule has 2 fully saturated rings. The minimum absolute atomic E-state index is 0. The Morgan fingerprint density at radius 2 is 1.83 bits per heavy atom. The molecule has 0 saturated carbocycles. The first-order valence-corrected chi connectivity index (χ1v) is 8.12. The number of likely N-dealkylation sites (N-methyl/N-ethyl adjacent to an activating group) is 1. The molecule has 0 aromatic heterocycles. The Bertz CT molecular complexity index is 423. The van der Waals surface area contributed by atoms with E-state index < -0.39 is 0 Å². The van der Waals surface area contributed by atoms with E-state index in [1.54, 1.807) is 15.9 Å². The van der Waals surface area contributed by atoms with Crippen LogP contribution in [0.1, 0.15) is 25.7 Å². The molecular formula is C16H28ClN3O3. The van der Waals surface area contributed by atoms with Gasteiger partial charge in [-0.05, 0) is 33.4 Å². The Labute approximate surface area is 144 Å². The molecule has 0 aromatic rings. The Balaban J connectivity index is 0.00000264. The predicted octanol–water partition coefficient (Wildman–Crippen LogP) is 1.75. The molecule has 0 bridgehead atoms. The number of halogens is 1. The summed E-state index contributed by atoms with van der Waals surface area (Å²) in [5.74, 6) is -0.00151. The molecule has 2 heterocycles. The van der Waals surface area contributed by atoms with E-state index in [0.29, 0.717) is 13.1 Å². The second-order valence-electron chi connectivity index (χ2n) is 6.29. The highest BCUT2D eigenvalue weighted by atomic mass is 35.5. The number of rotatable bonds is 4. The highest BCUT2D eigenvalue weighted by molar-refractivity contribution is 5.87. The van der Waals surface area contributed by atoms with Gasteiger partial charge in [-0.1, -0.05) is 6.08 Å². The standard InChI is InChI=1S/C16H27N3O3.ClH/c1-17(2)9-6-7-15(20)19-12-8-14(13-19)22-16(21)18-10-4-3-5-11-18;/h6-7,14H,3-5,8-13H2,1-2H3;1H/b7-6+;/t14-;/m0./s1. The zero-order valence-electron chi connectivity index (χ0n) is 14.1. The van der Waals surface area contributed by atoms with Crippen molar-refractivity contribution in [3.63, 3.8) is 0 Å². The lowest BCUT2D eigenvalue weighted by atomic mass is 10.1. The molecule has 2 aliphatic heterocycles. The molecule has 2 amide bonds. The first-order chi connectivity index (χ1) is 10.6. The van der Waals surface area contributed by atoms with Gasteiger partial charge in [0.15, 0.2) is 0 Å². The van der Waals surface area contributed by atoms with Crippen LogP contribution in [0.4, 0.5) is 4.79 Å². The van der Waals surface area contributed by atoms with Crippen LogP contribution in [0.15, 0.2) is 12.2 Å². The van der Waals surface area contributed by atoms with Crippen LogP contribution in [0.5, 0.6) is 0 Å². The molecule has 2 saturated heterocycles. The van der Waals surface area contributed by atoms with Gasteiger partial charge in [0.1, 0.15) is 6.10 Å². The third kappa shape index (κ3) is 6.39. The molecule has 2 rings (SSSR count). The summed E-state index contributed by atoms with van der Waals surface area (Å²) < 4.78 is 5.53. The maximum absolute atomic E-state index is 12.1. The minimum Gasteiger partial charge on any atom is -0.444 e. The second-order valence-corrected chi connectivity index (χ2v) is 6.29. The Morgan fingerprint density at radius 3 is 2.48 bits per heavy atom. The summed E-state index contributed by atoms with van der Waals surface area (Å²) >= 11 is 0. The smallest absolute Gasteiger partial charge is 0.410 e. The van der Waals surface area contributed by atoms with Crippen LogP contribution in [0.3, 0.4) is 0 Å². The number of hydrogen-bond acceptors (Lipinski definition) is 4. The van der Waals surface area contributed by atoms with E-state index >= 15 is 0 Å². The molecule has 0 spiro atoms. The molecule has 2 aliphatic rings.